The minimum absolute atomic E-state index is 0.794. The number of hydrogen-bond donors (Lipinski definition) is 1. The van der Waals surface area contributed by atoms with E-state index in [1.807, 2.05) is 26.1 Å². The summed E-state index contributed by atoms with van der Waals surface area (Å²) in [5.74, 6) is 0.794. The molecule has 0 unspecified atom stereocenters. The molecule has 2 aromatic rings. The lowest BCUT2D eigenvalue weighted by atomic mass is 10.1. The Hall–Kier alpha value is -1.29. The van der Waals surface area contributed by atoms with Crippen molar-refractivity contribution in [1.82, 2.24) is 4.98 Å². The van der Waals surface area contributed by atoms with Gasteiger partial charge in [-0.25, -0.2) is 4.98 Å². The van der Waals surface area contributed by atoms with Gasteiger partial charge in [0.05, 0.1) is 7.11 Å². The molecule has 0 aliphatic carbocycles. The molecule has 4 heteroatoms. The summed E-state index contributed by atoms with van der Waals surface area (Å²) in [7, 11) is 3.59. The molecule has 1 heterocycles. The van der Waals surface area contributed by atoms with Gasteiger partial charge in [0.1, 0.15) is 11.3 Å². The van der Waals surface area contributed by atoms with Crippen molar-refractivity contribution >= 4 is 32.5 Å². The van der Waals surface area contributed by atoms with E-state index < -0.39 is 0 Å². The molecule has 0 fully saturated rings. The summed E-state index contributed by atoms with van der Waals surface area (Å²) >= 11 is 3.58. The van der Waals surface area contributed by atoms with Crippen molar-refractivity contribution in [3.63, 3.8) is 0 Å². The highest BCUT2D eigenvalue weighted by Crippen LogP contribution is 2.37. The number of nitrogens with one attached hydrogen (secondary N) is 1. The maximum atomic E-state index is 5.37. The molecule has 0 radical (unpaired) electrons. The summed E-state index contributed by atoms with van der Waals surface area (Å²) in [5.41, 5.74) is 4.15. The third-order valence-corrected chi connectivity index (χ3v) is 3.67. The number of nitrogens with zero attached hydrogens (tertiary/aromatic N) is 1. The molecule has 0 amide bonds. The summed E-state index contributed by atoms with van der Waals surface area (Å²) in [5, 5.41) is 4.31. The number of anilines is 1. The largest absolute Gasteiger partial charge is 0.494 e. The SMILES string of the molecule is CNc1c(C)c(C)nc2c(OC)ccc(Br)c12. The van der Waals surface area contributed by atoms with Crippen LogP contribution < -0.4 is 10.1 Å². The summed E-state index contributed by atoms with van der Waals surface area (Å²) in [6.07, 6.45) is 0. The summed E-state index contributed by atoms with van der Waals surface area (Å²) < 4.78 is 6.39. The molecule has 0 saturated carbocycles. The lowest BCUT2D eigenvalue weighted by molar-refractivity contribution is 0.419. The van der Waals surface area contributed by atoms with Crippen LogP contribution in [-0.4, -0.2) is 19.1 Å². The number of pyridine rings is 1. The van der Waals surface area contributed by atoms with E-state index in [0.717, 1.165) is 38.1 Å². The zero-order valence-corrected chi connectivity index (χ0v) is 12.0. The van der Waals surface area contributed by atoms with Gasteiger partial charge >= 0.3 is 0 Å². The van der Waals surface area contributed by atoms with E-state index in [2.05, 4.69) is 33.2 Å². The predicted molar refractivity (Wildman–Crippen MR) is 75.0 cm³/mol. The molecule has 0 atom stereocenters. The average molecular weight is 295 g/mol. The summed E-state index contributed by atoms with van der Waals surface area (Å²) in [4.78, 5) is 4.62. The molecule has 1 aromatic carbocycles. The van der Waals surface area contributed by atoms with Crippen molar-refractivity contribution in [2.45, 2.75) is 13.8 Å². The van der Waals surface area contributed by atoms with Gasteiger partial charge in [-0.05, 0) is 31.5 Å². The topological polar surface area (TPSA) is 34.2 Å². The minimum atomic E-state index is 0.794. The number of rotatable bonds is 2. The Balaban J connectivity index is 2.98. The van der Waals surface area contributed by atoms with E-state index in [9.17, 15) is 0 Å². The maximum Gasteiger partial charge on any atom is 0.145 e. The first kappa shape index (κ1) is 12.2. The first-order valence-corrected chi connectivity index (χ1v) is 6.20. The lowest BCUT2D eigenvalue weighted by Gasteiger charge is -2.15. The fourth-order valence-corrected chi connectivity index (χ4v) is 2.51. The first-order valence-electron chi connectivity index (χ1n) is 5.41. The highest BCUT2D eigenvalue weighted by Gasteiger charge is 2.14. The Labute approximate surface area is 109 Å². The Morgan fingerprint density at radius 1 is 1.29 bits per heavy atom. The van der Waals surface area contributed by atoms with E-state index in [-0.39, 0.29) is 0 Å². The van der Waals surface area contributed by atoms with Crippen LogP contribution in [0.1, 0.15) is 11.3 Å². The van der Waals surface area contributed by atoms with E-state index in [1.54, 1.807) is 7.11 Å². The van der Waals surface area contributed by atoms with Crippen molar-refractivity contribution in [1.29, 1.82) is 0 Å². The molecule has 0 spiro atoms. The van der Waals surface area contributed by atoms with Crippen molar-refractivity contribution in [3.8, 4) is 5.75 Å². The van der Waals surface area contributed by atoms with Gasteiger partial charge in [0.15, 0.2) is 0 Å². The maximum absolute atomic E-state index is 5.37. The highest BCUT2D eigenvalue weighted by atomic mass is 79.9. The van der Waals surface area contributed by atoms with E-state index in [4.69, 9.17) is 4.74 Å². The van der Waals surface area contributed by atoms with Crippen molar-refractivity contribution in [2.24, 2.45) is 0 Å². The van der Waals surface area contributed by atoms with Crippen LogP contribution in [0.4, 0.5) is 5.69 Å². The van der Waals surface area contributed by atoms with Crippen LogP contribution in [0.3, 0.4) is 0 Å². The van der Waals surface area contributed by atoms with Crippen molar-refractivity contribution < 1.29 is 4.74 Å². The molecule has 0 aliphatic rings. The number of ether oxygens (including phenoxy) is 1. The fraction of sp³-hybridized carbons (Fsp3) is 0.308. The second kappa shape index (κ2) is 4.53. The zero-order valence-electron chi connectivity index (χ0n) is 10.4. The molecule has 2 rings (SSSR count). The Kier molecular flexibility index (Phi) is 3.24. The number of aromatic nitrogens is 1. The second-order valence-electron chi connectivity index (χ2n) is 3.92. The van der Waals surface area contributed by atoms with E-state index >= 15 is 0 Å². The second-order valence-corrected chi connectivity index (χ2v) is 4.77. The Morgan fingerprint density at radius 2 is 2.00 bits per heavy atom. The van der Waals surface area contributed by atoms with Crippen LogP contribution in [0.15, 0.2) is 16.6 Å². The van der Waals surface area contributed by atoms with Gasteiger partial charge in [0.25, 0.3) is 0 Å². The highest BCUT2D eigenvalue weighted by molar-refractivity contribution is 9.10. The van der Waals surface area contributed by atoms with Gasteiger partial charge in [0, 0.05) is 28.3 Å². The lowest BCUT2D eigenvalue weighted by Crippen LogP contribution is -2.00. The van der Waals surface area contributed by atoms with Gasteiger partial charge in [-0.1, -0.05) is 15.9 Å². The molecule has 3 nitrogen and oxygen atoms in total. The number of halogens is 1. The van der Waals surface area contributed by atoms with Gasteiger partial charge in [0.2, 0.25) is 0 Å². The molecule has 0 aliphatic heterocycles. The van der Waals surface area contributed by atoms with Crippen molar-refractivity contribution in [3.05, 3.63) is 27.9 Å². The smallest absolute Gasteiger partial charge is 0.145 e. The van der Waals surface area contributed by atoms with E-state index in [1.165, 1.54) is 0 Å². The van der Waals surface area contributed by atoms with Crippen LogP contribution in [0.2, 0.25) is 0 Å². The minimum Gasteiger partial charge on any atom is -0.494 e. The van der Waals surface area contributed by atoms with Gasteiger partial charge in [-0.2, -0.15) is 0 Å². The number of hydrogen-bond acceptors (Lipinski definition) is 3. The molecule has 0 bridgehead atoms. The standard InChI is InChI=1S/C13H15BrN2O/c1-7-8(2)16-13-10(17-4)6-5-9(14)11(13)12(7)15-3/h5-6H,1-4H3,(H,15,16). The number of methoxy groups -OCH3 is 1. The molecular formula is C13H15BrN2O. The van der Waals surface area contributed by atoms with Gasteiger partial charge < -0.3 is 10.1 Å². The van der Waals surface area contributed by atoms with Crippen molar-refractivity contribution in [2.75, 3.05) is 19.5 Å². The molecule has 1 N–H and O–H groups in total. The van der Waals surface area contributed by atoms with Crippen LogP contribution >= 0.6 is 15.9 Å². The van der Waals surface area contributed by atoms with Crippen LogP contribution in [0.25, 0.3) is 10.9 Å². The first-order chi connectivity index (χ1) is 8.10. The number of aryl methyl sites for hydroxylation is 1. The zero-order chi connectivity index (χ0) is 12.6. The average Bonchev–Trinajstić information content (AvgIpc) is 2.32. The Bertz CT molecular complexity index is 581. The number of fused-ring (bicyclic) bond motifs is 1. The van der Waals surface area contributed by atoms with Crippen LogP contribution in [0.5, 0.6) is 5.75 Å². The van der Waals surface area contributed by atoms with Crippen LogP contribution in [-0.2, 0) is 0 Å². The van der Waals surface area contributed by atoms with Crippen LogP contribution in [0, 0.1) is 13.8 Å². The Morgan fingerprint density at radius 3 is 2.59 bits per heavy atom. The molecule has 90 valence electrons. The molecule has 0 saturated heterocycles. The summed E-state index contributed by atoms with van der Waals surface area (Å²) in [6.45, 7) is 4.08. The monoisotopic (exact) mass is 294 g/mol. The predicted octanol–water partition coefficient (Wildman–Crippen LogP) is 3.66. The molecular weight excluding hydrogens is 280 g/mol. The van der Waals surface area contributed by atoms with Gasteiger partial charge in [-0.3, -0.25) is 0 Å². The fourth-order valence-electron chi connectivity index (χ4n) is 1.99. The van der Waals surface area contributed by atoms with E-state index in [0.29, 0.717) is 0 Å². The molecule has 1 aromatic heterocycles. The number of benzene rings is 1. The third-order valence-electron chi connectivity index (χ3n) is 3.01. The third kappa shape index (κ3) is 1.86. The normalized spacial score (nSPS) is 10.6. The molecule has 17 heavy (non-hydrogen) atoms. The quantitative estimate of drug-likeness (QED) is 0.918. The van der Waals surface area contributed by atoms with Gasteiger partial charge in [-0.15, -0.1) is 0 Å². The summed E-state index contributed by atoms with van der Waals surface area (Å²) in [6, 6.07) is 3.91.